The maximum atomic E-state index is 12.1. The molecule has 3 N–H and O–H groups in total. The molecule has 1 atom stereocenters. The van der Waals surface area contributed by atoms with Crippen molar-refractivity contribution in [2.24, 2.45) is 0 Å². The van der Waals surface area contributed by atoms with E-state index in [0.717, 1.165) is 4.47 Å². The quantitative estimate of drug-likeness (QED) is 0.676. The van der Waals surface area contributed by atoms with E-state index in [0.29, 0.717) is 22.6 Å². The molecule has 132 valence electrons. The van der Waals surface area contributed by atoms with Crippen LogP contribution >= 0.6 is 15.9 Å². The highest BCUT2D eigenvalue weighted by atomic mass is 79.9. The number of carbonyl (C=O) groups excluding carboxylic acids is 3. The molecule has 1 unspecified atom stereocenters. The van der Waals surface area contributed by atoms with Gasteiger partial charge in [-0.05, 0) is 51.1 Å². The summed E-state index contributed by atoms with van der Waals surface area (Å²) in [5, 5.41) is 2.56. The van der Waals surface area contributed by atoms with Gasteiger partial charge in [-0.15, -0.1) is 0 Å². The van der Waals surface area contributed by atoms with E-state index in [1.165, 1.54) is 6.92 Å². The molecule has 0 aliphatic heterocycles. The number of nitrogens with one attached hydrogen (secondary N) is 3. The van der Waals surface area contributed by atoms with Crippen LogP contribution in [0, 0.1) is 13.8 Å². The molecular weight excluding hydrogens is 390 g/mol. The van der Waals surface area contributed by atoms with Gasteiger partial charge in [0.2, 0.25) is 0 Å². The van der Waals surface area contributed by atoms with Crippen molar-refractivity contribution in [2.75, 3.05) is 0 Å². The third-order valence-electron chi connectivity index (χ3n) is 3.43. The number of benzene rings is 1. The zero-order valence-electron chi connectivity index (χ0n) is 14.0. The second-order valence-corrected chi connectivity index (χ2v) is 6.39. The molecule has 0 saturated heterocycles. The summed E-state index contributed by atoms with van der Waals surface area (Å²) in [4.78, 5) is 36.1. The van der Waals surface area contributed by atoms with Gasteiger partial charge in [0.25, 0.3) is 17.7 Å². The summed E-state index contributed by atoms with van der Waals surface area (Å²) in [6.45, 7) is 4.90. The van der Waals surface area contributed by atoms with Crippen LogP contribution in [0.2, 0.25) is 0 Å². The van der Waals surface area contributed by atoms with Crippen LogP contribution in [0.5, 0.6) is 0 Å². The Labute approximate surface area is 153 Å². The molecule has 0 saturated carbocycles. The van der Waals surface area contributed by atoms with Gasteiger partial charge in [-0.2, -0.15) is 0 Å². The molecule has 2 rings (SSSR count). The van der Waals surface area contributed by atoms with Gasteiger partial charge in [-0.3, -0.25) is 25.2 Å². The average Bonchev–Trinajstić information content (AvgIpc) is 2.91. The van der Waals surface area contributed by atoms with Crippen LogP contribution in [-0.4, -0.2) is 23.8 Å². The lowest BCUT2D eigenvalue weighted by Gasteiger charge is -2.14. The van der Waals surface area contributed by atoms with E-state index in [2.05, 4.69) is 32.1 Å². The van der Waals surface area contributed by atoms with E-state index in [4.69, 9.17) is 4.42 Å². The summed E-state index contributed by atoms with van der Waals surface area (Å²) in [5.74, 6) is -0.362. The zero-order valence-corrected chi connectivity index (χ0v) is 15.6. The second kappa shape index (κ2) is 7.98. The Bertz CT molecular complexity index is 799. The SMILES string of the molecule is Cc1cc(C(=O)NNC(=O)C(C)NC(=O)c2ccc(Br)cc2)c(C)o1. The van der Waals surface area contributed by atoms with Crippen molar-refractivity contribution in [3.8, 4) is 0 Å². The molecule has 0 aliphatic carbocycles. The molecule has 0 radical (unpaired) electrons. The number of hydrogen-bond acceptors (Lipinski definition) is 4. The standard InChI is InChI=1S/C17H18BrN3O4/c1-9-8-14(11(3)25-9)17(24)21-20-15(22)10(2)19-16(23)12-4-6-13(18)7-5-12/h4-8,10H,1-3H3,(H,19,23)(H,20,22)(H,21,24). The Morgan fingerprint density at radius 3 is 2.24 bits per heavy atom. The molecule has 1 heterocycles. The Hall–Kier alpha value is -2.61. The van der Waals surface area contributed by atoms with Crippen LogP contribution in [0.3, 0.4) is 0 Å². The number of aryl methyl sites for hydroxylation is 2. The lowest BCUT2D eigenvalue weighted by atomic mass is 10.2. The fourth-order valence-electron chi connectivity index (χ4n) is 2.10. The minimum atomic E-state index is -0.830. The highest BCUT2D eigenvalue weighted by Crippen LogP contribution is 2.13. The predicted octanol–water partition coefficient (Wildman–Crippen LogP) is 2.24. The first kappa shape index (κ1) is 18.7. The van der Waals surface area contributed by atoms with Crippen LogP contribution in [-0.2, 0) is 4.79 Å². The Kier molecular flexibility index (Phi) is 5.97. The molecular formula is C17H18BrN3O4. The van der Waals surface area contributed by atoms with Crippen molar-refractivity contribution in [2.45, 2.75) is 26.8 Å². The number of rotatable bonds is 4. The van der Waals surface area contributed by atoms with Gasteiger partial charge < -0.3 is 9.73 Å². The summed E-state index contributed by atoms with van der Waals surface area (Å²) in [6.07, 6.45) is 0. The summed E-state index contributed by atoms with van der Waals surface area (Å²) < 4.78 is 6.12. The maximum absolute atomic E-state index is 12.1. The maximum Gasteiger partial charge on any atom is 0.273 e. The number of furan rings is 1. The largest absolute Gasteiger partial charge is 0.466 e. The number of halogens is 1. The normalized spacial score (nSPS) is 11.5. The number of hydrogen-bond donors (Lipinski definition) is 3. The third-order valence-corrected chi connectivity index (χ3v) is 3.96. The van der Waals surface area contributed by atoms with Crippen molar-refractivity contribution in [1.82, 2.24) is 16.2 Å². The van der Waals surface area contributed by atoms with Gasteiger partial charge in [0.05, 0.1) is 5.56 Å². The summed E-state index contributed by atoms with van der Waals surface area (Å²) >= 11 is 3.29. The number of amides is 3. The molecule has 25 heavy (non-hydrogen) atoms. The summed E-state index contributed by atoms with van der Waals surface area (Å²) in [6, 6.07) is 7.48. The Balaban J connectivity index is 1.87. The van der Waals surface area contributed by atoms with Gasteiger partial charge in [0, 0.05) is 10.0 Å². The highest BCUT2D eigenvalue weighted by molar-refractivity contribution is 9.10. The topological polar surface area (TPSA) is 100 Å². The van der Waals surface area contributed by atoms with E-state index < -0.39 is 17.9 Å². The minimum Gasteiger partial charge on any atom is -0.466 e. The van der Waals surface area contributed by atoms with Crippen molar-refractivity contribution in [3.63, 3.8) is 0 Å². The van der Waals surface area contributed by atoms with Crippen LogP contribution < -0.4 is 16.2 Å². The zero-order chi connectivity index (χ0) is 18.6. The molecule has 1 aromatic heterocycles. The molecule has 0 fully saturated rings. The van der Waals surface area contributed by atoms with Crippen molar-refractivity contribution in [1.29, 1.82) is 0 Å². The lowest BCUT2D eigenvalue weighted by molar-refractivity contribution is -0.123. The van der Waals surface area contributed by atoms with Crippen molar-refractivity contribution >= 4 is 33.7 Å². The average molecular weight is 408 g/mol. The molecule has 7 nitrogen and oxygen atoms in total. The smallest absolute Gasteiger partial charge is 0.273 e. The summed E-state index contributed by atoms with van der Waals surface area (Å²) in [5.41, 5.74) is 5.34. The number of carbonyl (C=O) groups is 3. The Morgan fingerprint density at radius 2 is 1.68 bits per heavy atom. The fourth-order valence-corrected chi connectivity index (χ4v) is 2.36. The van der Waals surface area contributed by atoms with E-state index in [1.807, 2.05) is 0 Å². The van der Waals surface area contributed by atoms with E-state index in [-0.39, 0.29) is 5.91 Å². The number of hydrazine groups is 1. The van der Waals surface area contributed by atoms with Crippen LogP contribution in [0.25, 0.3) is 0 Å². The molecule has 0 spiro atoms. The fraction of sp³-hybridized carbons (Fsp3) is 0.235. The Morgan fingerprint density at radius 1 is 1.04 bits per heavy atom. The molecule has 1 aromatic carbocycles. The first-order valence-electron chi connectivity index (χ1n) is 7.51. The second-order valence-electron chi connectivity index (χ2n) is 5.47. The van der Waals surface area contributed by atoms with Crippen LogP contribution in [0.15, 0.2) is 39.2 Å². The highest BCUT2D eigenvalue weighted by Gasteiger charge is 2.19. The molecule has 8 heteroatoms. The van der Waals surface area contributed by atoms with Crippen molar-refractivity contribution in [3.05, 3.63) is 57.5 Å². The van der Waals surface area contributed by atoms with Gasteiger partial charge in [0.15, 0.2) is 0 Å². The lowest BCUT2D eigenvalue weighted by Crippen LogP contribution is -2.51. The summed E-state index contributed by atoms with van der Waals surface area (Å²) in [7, 11) is 0. The molecule has 0 bridgehead atoms. The monoisotopic (exact) mass is 407 g/mol. The van der Waals surface area contributed by atoms with E-state index >= 15 is 0 Å². The predicted molar refractivity (Wildman–Crippen MR) is 94.9 cm³/mol. The van der Waals surface area contributed by atoms with Crippen LogP contribution in [0.4, 0.5) is 0 Å². The third kappa shape index (κ3) is 4.93. The van der Waals surface area contributed by atoms with Crippen molar-refractivity contribution < 1.29 is 18.8 Å². The van der Waals surface area contributed by atoms with E-state index in [9.17, 15) is 14.4 Å². The first-order valence-corrected chi connectivity index (χ1v) is 8.31. The van der Waals surface area contributed by atoms with Gasteiger partial charge in [-0.1, -0.05) is 15.9 Å². The van der Waals surface area contributed by atoms with Gasteiger partial charge in [0.1, 0.15) is 17.6 Å². The first-order chi connectivity index (χ1) is 11.8. The van der Waals surface area contributed by atoms with Gasteiger partial charge >= 0.3 is 0 Å². The molecule has 0 aliphatic rings. The van der Waals surface area contributed by atoms with E-state index in [1.54, 1.807) is 44.2 Å². The van der Waals surface area contributed by atoms with Crippen LogP contribution in [0.1, 0.15) is 39.2 Å². The molecule has 3 amide bonds. The van der Waals surface area contributed by atoms with Gasteiger partial charge in [-0.25, -0.2) is 0 Å². The molecule has 2 aromatic rings. The minimum absolute atomic E-state index is 0.337.